The SMILES string of the molecule is CCOC(=O)C(CC(C)(C)C(C)C(=O)OCC(CC)NC(=O)Nc1cc(NC(=O)NC(CC)COC(=O)C(C)C(C)(C)CC(C(=O)OC(C)(C)CC(C)C)C(C)(C)Br)c(C)cc1C)C(C)(C)Br. The monoisotopic (exact) mass is 1070 g/mol. The molecule has 1 aromatic carbocycles. The number of carbonyl (C=O) groups is 6. The van der Waals surface area contributed by atoms with Gasteiger partial charge in [0.05, 0.1) is 42.4 Å². The fraction of sp³-hybridized carbons (Fsp3) is 0.765. The number of nitrogens with one attached hydrogen (secondary N) is 4. The summed E-state index contributed by atoms with van der Waals surface area (Å²) in [6.45, 7) is 36.3. The smallest absolute Gasteiger partial charge is 0.319 e. The highest BCUT2D eigenvalue weighted by atomic mass is 79.9. The highest BCUT2D eigenvalue weighted by molar-refractivity contribution is 9.10. The Morgan fingerprint density at radius 3 is 1.25 bits per heavy atom. The molecule has 0 aliphatic heterocycles. The first-order valence-electron chi connectivity index (χ1n) is 23.9. The number of amides is 4. The summed E-state index contributed by atoms with van der Waals surface area (Å²) in [5.41, 5.74) is 0.548. The first kappa shape index (κ1) is 61.6. The molecular formula is C51H86Br2N4O10. The zero-order chi connectivity index (χ0) is 52.0. The van der Waals surface area contributed by atoms with Crippen LogP contribution in [0.4, 0.5) is 21.0 Å². The molecular weight excluding hydrogens is 988 g/mol. The van der Waals surface area contributed by atoms with E-state index in [9.17, 15) is 28.8 Å². The Labute approximate surface area is 419 Å². The lowest BCUT2D eigenvalue weighted by molar-refractivity contribution is -0.167. The maximum absolute atomic E-state index is 13.6. The average Bonchev–Trinajstić information content (AvgIpc) is 3.18. The van der Waals surface area contributed by atoms with Crippen LogP contribution < -0.4 is 21.3 Å². The molecule has 0 fully saturated rings. The lowest BCUT2D eigenvalue weighted by atomic mass is 9.71. The van der Waals surface area contributed by atoms with Crippen LogP contribution in [0, 0.1) is 54.3 Å². The molecule has 16 heteroatoms. The summed E-state index contributed by atoms with van der Waals surface area (Å²) in [6, 6.07) is 1.48. The van der Waals surface area contributed by atoms with E-state index in [1.807, 2.05) is 103 Å². The van der Waals surface area contributed by atoms with Crippen molar-refractivity contribution in [2.24, 2.45) is 40.4 Å². The number of esters is 4. The van der Waals surface area contributed by atoms with Crippen LogP contribution in [0.2, 0.25) is 0 Å². The number of ether oxygens (including phenoxy) is 4. The molecule has 0 bridgehead atoms. The van der Waals surface area contributed by atoms with Crippen LogP contribution in [0.1, 0.15) is 161 Å². The minimum atomic E-state index is -0.643. The van der Waals surface area contributed by atoms with Gasteiger partial charge in [-0.15, -0.1) is 0 Å². The van der Waals surface area contributed by atoms with E-state index < -0.39 is 84.8 Å². The second-order valence-electron chi connectivity index (χ2n) is 21.7. The van der Waals surface area contributed by atoms with E-state index in [2.05, 4.69) is 67.0 Å². The van der Waals surface area contributed by atoms with E-state index in [-0.39, 0.29) is 31.8 Å². The van der Waals surface area contributed by atoms with Gasteiger partial charge in [-0.25, -0.2) is 9.59 Å². The molecule has 1 aromatic rings. The van der Waals surface area contributed by atoms with Gasteiger partial charge >= 0.3 is 35.9 Å². The zero-order valence-electron chi connectivity index (χ0n) is 44.2. The van der Waals surface area contributed by atoms with Gasteiger partial charge in [0.1, 0.15) is 18.8 Å². The minimum absolute atomic E-state index is 0.0530. The quantitative estimate of drug-likeness (QED) is 0.0395. The Kier molecular flexibility index (Phi) is 23.9. The third-order valence-corrected chi connectivity index (χ3v) is 14.0. The number of anilines is 2. The molecule has 0 spiro atoms. The number of hydrogen-bond donors (Lipinski definition) is 4. The van der Waals surface area contributed by atoms with Gasteiger partial charge in [0.2, 0.25) is 0 Å². The number of rotatable bonds is 26. The second kappa shape index (κ2) is 26.0. The number of urea groups is 2. The normalized spacial score (nSPS) is 15.3. The molecule has 384 valence electrons. The number of aryl methyl sites for hydroxylation is 2. The zero-order valence-corrected chi connectivity index (χ0v) is 47.4. The van der Waals surface area contributed by atoms with Crippen molar-refractivity contribution in [1.82, 2.24) is 10.6 Å². The summed E-state index contributed by atoms with van der Waals surface area (Å²) in [5, 5.41) is 11.5. The molecule has 14 nitrogen and oxygen atoms in total. The Morgan fingerprint density at radius 2 is 0.925 bits per heavy atom. The van der Waals surface area contributed by atoms with Crippen LogP contribution in [0.15, 0.2) is 12.1 Å². The van der Waals surface area contributed by atoms with E-state index >= 15 is 0 Å². The van der Waals surface area contributed by atoms with Crippen LogP contribution in [-0.2, 0) is 38.1 Å². The predicted octanol–water partition coefficient (Wildman–Crippen LogP) is 11.8. The summed E-state index contributed by atoms with van der Waals surface area (Å²) in [7, 11) is 0. The molecule has 0 aromatic heterocycles. The molecule has 1 rings (SSSR count). The van der Waals surface area contributed by atoms with Crippen molar-refractivity contribution in [3.63, 3.8) is 0 Å². The first-order chi connectivity index (χ1) is 30.5. The molecule has 6 unspecified atom stereocenters. The summed E-state index contributed by atoms with van der Waals surface area (Å²) in [4.78, 5) is 79.8. The molecule has 0 saturated heterocycles. The molecule has 4 amide bonds. The van der Waals surface area contributed by atoms with E-state index in [4.69, 9.17) is 18.9 Å². The number of hydrogen-bond acceptors (Lipinski definition) is 10. The van der Waals surface area contributed by atoms with Crippen molar-refractivity contribution in [1.29, 1.82) is 0 Å². The van der Waals surface area contributed by atoms with Gasteiger partial charge in [-0.2, -0.15) is 0 Å². The van der Waals surface area contributed by atoms with Crippen molar-refractivity contribution >= 4 is 79.2 Å². The van der Waals surface area contributed by atoms with Crippen molar-refractivity contribution in [2.45, 2.75) is 190 Å². The molecule has 67 heavy (non-hydrogen) atoms. The van der Waals surface area contributed by atoms with E-state index in [0.717, 1.165) is 17.5 Å². The van der Waals surface area contributed by atoms with Crippen molar-refractivity contribution < 1.29 is 47.7 Å². The standard InChI is InChI=1S/C51H86Br2N4O10/c1-20-35(28-65-41(58)33(8)47(10,11)26-37(50(16,17)52)43(60)64-22-3)54-45(62)56-39-24-40(32(7)23-31(39)6)57-46(63)55-36(21-2)29-66-42(59)34(9)48(12,13)27-38(51(18,19)53)44(61)67-49(14,15)25-30(4)5/h23-24,30,33-38H,20-22,25-29H2,1-19H3,(H2,54,56,62)(H2,55,57,63). The van der Waals surface area contributed by atoms with Crippen molar-refractivity contribution in [3.05, 3.63) is 23.3 Å². The molecule has 0 saturated carbocycles. The van der Waals surface area contributed by atoms with Crippen molar-refractivity contribution in [2.75, 3.05) is 30.5 Å². The van der Waals surface area contributed by atoms with Gasteiger partial charge in [0.25, 0.3) is 0 Å². The Hall–Kier alpha value is -3.40. The van der Waals surface area contributed by atoms with Crippen LogP contribution in [-0.4, -0.2) is 82.1 Å². The number of halogens is 2. The fourth-order valence-corrected chi connectivity index (χ4v) is 8.51. The summed E-state index contributed by atoms with van der Waals surface area (Å²) in [5.74, 6) is -3.35. The average molecular weight is 1080 g/mol. The number of benzene rings is 1. The highest BCUT2D eigenvalue weighted by Gasteiger charge is 2.45. The lowest BCUT2D eigenvalue weighted by Crippen LogP contribution is -2.44. The number of carbonyl (C=O) groups excluding carboxylic acids is 6. The van der Waals surface area contributed by atoms with E-state index in [1.165, 1.54) is 0 Å². The summed E-state index contributed by atoms with van der Waals surface area (Å²) in [6.07, 6.45) is 2.44. The lowest BCUT2D eigenvalue weighted by Gasteiger charge is -2.39. The van der Waals surface area contributed by atoms with Gasteiger partial charge in [-0.3, -0.25) is 19.2 Å². The van der Waals surface area contributed by atoms with Crippen molar-refractivity contribution in [3.8, 4) is 0 Å². The Morgan fingerprint density at radius 1 is 0.552 bits per heavy atom. The van der Waals surface area contributed by atoms with Gasteiger partial charge in [-0.05, 0) is 128 Å². The molecule has 0 aliphatic rings. The fourth-order valence-electron chi connectivity index (χ4n) is 7.82. The summed E-state index contributed by atoms with van der Waals surface area (Å²) < 4.78 is 21.7. The van der Waals surface area contributed by atoms with Gasteiger partial charge < -0.3 is 40.2 Å². The van der Waals surface area contributed by atoms with Crippen LogP contribution in [0.5, 0.6) is 0 Å². The third-order valence-electron chi connectivity index (χ3n) is 12.9. The molecule has 0 aliphatic carbocycles. The number of alkyl halides is 2. The van der Waals surface area contributed by atoms with E-state index in [0.29, 0.717) is 43.0 Å². The largest absolute Gasteiger partial charge is 0.466 e. The maximum atomic E-state index is 13.6. The Balaban J connectivity index is 2.94. The molecule has 0 heterocycles. The summed E-state index contributed by atoms with van der Waals surface area (Å²) >= 11 is 7.33. The van der Waals surface area contributed by atoms with Crippen LogP contribution in [0.25, 0.3) is 0 Å². The van der Waals surface area contributed by atoms with Crippen LogP contribution in [0.3, 0.4) is 0 Å². The predicted molar refractivity (Wildman–Crippen MR) is 275 cm³/mol. The van der Waals surface area contributed by atoms with E-state index in [1.54, 1.807) is 26.8 Å². The van der Waals surface area contributed by atoms with Gasteiger partial charge in [0.15, 0.2) is 0 Å². The molecule has 6 atom stereocenters. The minimum Gasteiger partial charge on any atom is -0.466 e. The van der Waals surface area contributed by atoms with Crippen LogP contribution >= 0.6 is 31.9 Å². The topological polar surface area (TPSA) is 187 Å². The molecule has 0 radical (unpaired) electrons. The second-order valence-corrected chi connectivity index (χ2v) is 25.8. The molecule has 4 N–H and O–H groups in total. The Bertz CT molecular complexity index is 1840. The first-order valence-corrected chi connectivity index (χ1v) is 25.5. The van der Waals surface area contributed by atoms with Gasteiger partial charge in [0, 0.05) is 20.0 Å². The highest BCUT2D eigenvalue weighted by Crippen LogP contribution is 2.43. The van der Waals surface area contributed by atoms with Gasteiger partial charge in [-0.1, -0.05) is 107 Å². The maximum Gasteiger partial charge on any atom is 0.319 e. The third kappa shape index (κ3) is 20.6.